The zero-order valence-corrected chi connectivity index (χ0v) is 11.2. The summed E-state index contributed by atoms with van der Waals surface area (Å²) >= 11 is 0. The number of aromatic nitrogens is 2. The zero-order valence-electron chi connectivity index (χ0n) is 11.2. The van der Waals surface area contributed by atoms with Crippen molar-refractivity contribution < 1.29 is 9.59 Å². The Balaban J connectivity index is 1.69. The average molecular weight is 272 g/mol. The third-order valence-corrected chi connectivity index (χ3v) is 3.54. The fourth-order valence-electron chi connectivity index (χ4n) is 2.42. The third-order valence-electron chi connectivity index (χ3n) is 3.54. The minimum atomic E-state index is -0.404. The van der Waals surface area contributed by atoms with Gasteiger partial charge in [-0.3, -0.25) is 14.7 Å². The minimum absolute atomic E-state index is 0.0623. The number of amides is 2. The van der Waals surface area contributed by atoms with Gasteiger partial charge in [0, 0.05) is 11.8 Å². The van der Waals surface area contributed by atoms with Crippen molar-refractivity contribution in [3.63, 3.8) is 0 Å². The van der Waals surface area contributed by atoms with Crippen molar-refractivity contribution in [1.82, 2.24) is 20.8 Å². The summed E-state index contributed by atoms with van der Waals surface area (Å²) in [5, 5.41) is 13.6. The molecular formula is C14H16N4O2. The van der Waals surface area contributed by atoms with Crippen molar-refractivity contribution in [2.75, 3.05) is 0 Å². The first-order valence-electron chi connectivity index (χ1n) is 6.64. The van der Waals surface area contributed by atoms with Crippen LogP contribution in [-0.4, -0.2) is 28.1 Å². The average Bonchev–Trinajstić information content (AvgIpc) is 3.02. The van der Waals surface area contributed by atoms with Crippen molar-refractivity contribution in [2.45, 2.75) is 32.4 Å². The topological polar surface area (TPSA) is 86.9 Å². The van der Waals surface area contributed by atoms with Gasteiger partial charge < -0.3 is 10.6 Å². The number of nitrogens with one attached hydrogen (secondary N) is 3. The third kappa shape index (κ3) is 2.36. The fourth-order valence-corrected chi connectivity index (χ4v) is 2.42. The second-order valence-electron chi connectivity index (χ2n) is 5.10. The van der Waals surface area contributed by atoms with Crippen LogP contribution in [0.25, 0.3) is 10.9 Å². The SMILES string of the molecule is Cc1ccc2n[nH]c(CNC(=O)[C@@H]3CCC(=O)N3)c2c1. The van der Waals surface area contributed by atoms with Gasteiger partial charge in [0.1, 0.15) is 6.04 Å². The molecule has 0 spiro atoms. The van der Waals surface area contributed by atoms with E-state index in [9.17, 15) is 9.59 Å². The van der Waals surface area contributed by atoms with E-state index in [0.717, 1.165) is 22.2 Å². The summed E-state index contributed by atoms with van der Waals surface area (Å²) in [6.45, 7) is 2.40. The van der Waals surface area contributed by atoms with E-state index in [2.05, 4.69) is 20.8 Å². The lowest BCUT2D eigenvalue weighted by molar-refractivity contribution is -0.125. The number of aryl methyl sites for hydroxylation is 1. The molecule has 6 nitrogen and oxygen atoms in total. The van der Waals surface area contributed by atoms with Gasteiger partial charge in [0.15, 0.2) is 0 Å². The highest BCUT2D eigenvalue weighted by Gasteiger charge is 2.26. The van der Waals surface area contributed by atoms with Crippen LogP contribution in [-0.2, 0) is 16.1 Å². The normalized spacial score (nSPS) is 18.2. The molecule has 20 heavy (non-hydrogen) atoms. The molecule has 0 saturated carbocycles. The van der Waals surface area contributed by atoms with Crippen LogP contribution in [0.3, 0.4) is 0 Å². The summed E-state index contributed by atoms with van der Waals surface area (Å²) in [5.41, 5.74) is 2.91. The van der Waals surface area contributed by atoms with E-state index in [1.165, 1.54) is 0 Å². The van der Waals surface area contributed by atoms with E-state index < -0.39 is 6.04 Å². The molecule has 3 rings (SSSR count). The van der Waals surface area contributed by atoms with Crippen LogP contribution in [0.2, 0.25) is 0 Å². The fraction of sp³-hybridized carbons (Fsp3) is 0.357. The maximum absolute atomic E-state index is 11.9. The number of carbonyl (C=O) groups is 2. The van der Waals surface area contributed by atoms with Gasteiger partial charge in [0.2, 0.25) is 11.8 Å². The molecule has 1 aliphatic rings. The van der Waals surface area contributed by atoms with Crippen molar-refractivity contribution in [3.05, 3.63) is 29.5 Å². The van der Waals surface area contributed by atoms with Crippen LogP contribution in [0.15, 0.2) is 18.2 Å². The van der Waals surface area contributed by atoms with E-state index in [1.54, 1.807) is 0 Å². The molecule has 2 amide bonds. The Morgan fingerprint density at radius 2 is 2.35 bits per heavy atom. The number of fused-ring (bicyclic) bond motifs is 1. The van der Waals surface area contributed by atoms with Crippen LogP contribution in [0.5, 0.6) is 0 Å². The monoisotopic (exact) mass is 272 g/mol. The summed E-state index contributed by atoms with van der Waals surface area (Å²) < 4.78 is 0. The summed E-state index contributed by atoms with van der Waals surface area (Å²) in [5.74, 6) is -0.209. The van der Waals surface area contributed by atoms with Crippen molar-refractivity contribution >= 4 is 22.7 Å². The van der Waals surface area contributed by atoms with Crippen molar-refractivity contribution in [3.8, 4) is 0 Å². The Morgan fingerprint density at radius 1 is 1.50 bits per heavy atom. The highest BCUT2D eigenvalue weighted by atomic mass is 16.2. The summed E-state index contributed by atoms with van der Waals surface area (Å²) in [6.07, 6.45) is 0.984. The van der Waals surface area contributed by atoms with Crippen LogP contribution in [0.1, 0.15) is 24.1 Å². The number of rotatable bonds is 3. The Labute approximate surface area is 115 Å². The van der Waals surface area contributed by atoms with Crippen LogP contribution >= 0.6 is 0 Å². The van der Waals surface area contributed by atoms with Gasteiger partial charge >= 0.3 is 0 Å². The molecule has 0 bridgehead atoms. The zero-order chi connectivity index (χ0) is 14.1. The van der Waals surface area contributed by atoms with Gasteiger partial charge in [0.05, 0.1) is 17.8 Å². The molecule has 1 fully saturated rings. The first-order chi connectivity index (χ1) is 9.63. The molecule has 3 N–H and O–H groups in total. The number of carbonyl (C=O) groups excluding carboxylic acids is 2. The summed E-state index contributed by atoms with van der Waals surface area (Å²) in [4.78, 5) is 23.0. The lowest BCUT2D eigenvalue weighted by Crippen LogP contribution is -2.41. The number of hydrogen-bond donors (Lipinski definition) is 3. The summed E-state index contributed by atoms with van der Waals surface area (Å²) in [7, 11) is 0. The first kappa shape index (κ1) is 12.7. The predicted molar refractivity (Wildman–Crippen MR) is 73.8 cm³/mol. The quantitative estimate of drug-likeness (QED) is 0.771. The van der Waals surface area contributed by atoms with Gasteiger partial charge in [-0.25, -0.2) is 0 Å². The summed E-state index contributed by atoms with van der Waals surface area (Å²) in [6, 6.07) is 5.58. The molecule has 1 aliphatic heterocycles. The van der Waals surface area contributed by atoms with Gasteiger partial charge in [-0.15, -0.1) is 0 Å². The molecule has 0 unspecified atom stereocenters. The maximum Gasteiger partial charge on any atom is 0.242 e. The number of H-pyrrole nitrogens is 1. The molecule has 1 atom stereocenters. The van der Waals surface area contributed by atoms with Crippen molar-refractivity contribution in [1.29, 1.82) is 0 Å². The van der Waals surface area contributed by atoms with E-state index in [4.69, 9.17) is 0 Å². The Morgan fingerprint density at radius 3 is 3.10 bits per heavy atom. The van der Waals surface area contributed by atoms with E-state index in [0.29, 0.717) is 19.4 Å². The highest BCUT2D eigenvalue weighted by Crippen LogP contribution is 2.17. The molecule has 1 aromatic heterocycles. The van der Waals surface area contributed by atoms with E-state index in [-0.39, 0.29) is 11.8 Å². The molecule has 6 heteroatoms. The minimum Gasteiger partial charge on any atom is -0.349 e. The van der Waals surface area contributed by atoms with Crippen LogP contribution in [0.4, 0.5) is 0 Å². The smallest absolute Gasteiger partial charge is 0.242 e. The van der Waals surface area contributed by atoms with Gasteiger partial charge in [-0.1, -0.05) is 11.6 Å². The number of aromatic amines is 1. The molecule has 1 saturated heterocycles. The van der Waals surface area contributed by atoms with Gasteiger partial charge in [-0.2, -0.15) is 5.10 Å². The molecule has 0 radical (unpaired) electrons. The maximum atomic E-state index is 11.9. The van der Waals surface area contributed by atoms with Crippen molar-refractivity contribution in [2.24, 2.45) is 0 Å². The molecule has 0 aliphatic carbocycles. The van der Waals surface area contributed by atoms with Gasteiger partial charge in [0.25, 0.3) is 0 Å². The molecular weight excluding hydrogens is 256 g/mol. The second-order valence-corrected chi connectivity index (χ2v) is 5.10. The number of nitrogens with zero attached hydrogens (tertiary/aromatic N) is 1. The standard InChI is InChI=1S/C14H16N4O2/c1-8-2-3-10-9(6-8)12(18-17-10)7-15-14(20)11-4-5-13(19)16-11/h2-3,6,11H,4-5,7H2,1H3,(H,15,20)(H,16,19)(H,17,18)/t11-/m0/s1. The molecule has 1 aromatic carbocycles. The number of hydrogen-bond acceptors (Lipinski definition) is 3. The van der Waals surface area contributed by atoms with E-state index >= 15 is 0 Å². The molecule has 2 aromatic rings. The second kappa shape index (κ2) is 4.96. The predicted octanol–water partition coefficient (Wildman–Crippen LogP) is 0.766. The first-order valence-corrected chi connectivity index (χ1v) is 6.64. The van der Waals surface area contributed by atoms with Crippen LogP contribution < -0.4 is 10.6 Å². The largest absolute Gasteiger partial charge is 0.349 e. The highest BCUT2D eigenvalue weighted by molar-refractivity contribution is 5.91. The Bertz CT molecular complexity index is 677. The van der Waals surface area contributed by atoms with Gasteiger partial charge in [-0.05, 0) is 25.5 Å². The lowest BCUT2D eigenvalue weighted by Gasteiger charge is -2.10. The molecule has 104 valence electrons. The number of benzene rings is 1. The van der Waals surface area contributed by atoms with E-state index in [1.807, 2.05) is 25.1 Å². The molecule has 2 heterocycles. The Kier molecular flexibility index (Phi) is 3.14. The van der Waals surface area contributed by atoms with Crippen LogP contribution in [0, 0.1) is 6.92 Å². The Hall–Kier alpha value is -2.37. The lowest BCUT2D eigenvalue weighted by atomic mass is 10.1.